The van der Waals surface area contributed by atoms with Gasteiger partial charge in [-0.25, -0.2) is 8.42 Å². The maximum Gasteiger partial charge on any atom is 0.270 e. The van der Waals surface area contributed by atoms with Gasteiger partial charge in [0.15, 0.2) is 9.84 Å². The molecule has 0 aliphatic carbocycles. The summed E-state index contributed by atoms with van der Waals surface area (Å²) in [5.41, 5.74) is 3.01. The Kier molecular flexibility index (Phi) is 6.56. The Hall–Kier alpha value is -3.85. The Morgan fingerprint density at radius 2 is 1.79 bits per heavy atom. The Bertz CT molecular complexity index is 1370. The molecule has 0 unspecified atom stereocenters. The van der Waals surface area contributed by atoms with Gasteiger partial charge in [0.1, 0.15) is 5.69 Å². The highest BCUT2D eigenvalue weighted by molar-refractivity contribution is 7.91. The molecule has 0 saturated heterocycles. The first-order valence-corrected chi connectivity index (χ1v) is 12.4. The minimum atomic E-state index is -3.53. The fraction of sp³-hybridized carbons (Fsp3) is 0.200. The smallest absolute Gasteiger partial charge is 0.270 e. The number of nitrogens with zero attached hydrogens (tertiary/aromatic N) is 3. The minimum absolute atomic E-state index is 0.0860. The summed E-state index contributed by atoms with van der Waals surface area (Å²) in [6.07, 6.45) is 3.12. The summed E-state index contributed by atoms with van der Waals surface area (Å²) >= 11 is 0. The van der Waals surface area contributed by atoms with Gasteiger partial charge in [0.05, 0.1) is 22.5 Å². The number of rotatable bonds is 8. The number of amides is 1. The SMILES string of the molecule is CC(C)(CS(=O)(=O)c1ccc(-c2cccc(CNC(=O)c3ccccn3)c2)cc1)c1cn[nH]n1. The van der Waals surface area contributed by atoms with Crippen molar-refractivity contribution in [1.82, 2.24) is 25.7 Å². The van der Waals surface area contributed by atoms with Crippen LogP contribution >= 0.6 is 0 Å². The minimum Gasteiger partial charge on any atom is -0.347 e. The number of pyridine rings is 1. The lowest BCUT2D eigenvalue weighted by molar-refractivity contribution is 0.0946. The first-order valence-electron chi connectivity index (χ1n) is 10.7. The summed E-state index contributed by atoms with van der Waals surface area (Å²) in [5, 5.41) is 13.2. The first kappa shape index (κ1) is 23.3. The summed E-state index contributed by atoms with van der Waals surface area (Å²) in [7, 11) is -3.53. The molecule has 1 amide bonds. The summed E-state index contributed by atoms with van der Waals surface area (Å²) in [5.74, 6) is -0.328. The van der Waals surface area contributed by atoms with Crippen LogP contribution in [0.3, 0.4) is 0 Å². The van der Waals surface area contributed by atoms with Crippen molar-refractivity contribution < 1.29 is 13.2 Å². The zero-order chi connectivity index (χ0) is 24.2. The molecule has 9 heteroatoms. The maximum absolute atomic E-state index is 13.0. The second-order valence-corrected chi connectivity index (χ2v) is 10.6. The molecule has 174 valence electrons. The Morgan fingerprint density at radius 1 is 1.00 bits per heavy atom. The number of H-pyrrole nitrogens is 1. The van der Waals surface area contributed by atoms with E-state index >= 15 is 0 Å². The fourth-order valence-electron chi connectivity index (χ4n) is 3.65. The zero-order valence-corrected chi connectivity index (χ0v) is 19.7. The number of carbonyl (C=O) groups excluding carboxylic acids is 1. The Labute approximate surface area is 198 Å². The molecule has 2 N–H and O–H groups in total. The predicted octanol–water partition coefficient (Wildman–Crippen LogP) is 3.55. The van der Waals surface area contributed by atoms with Crippen LogP contribution in [-0.4, -0.2) is 40.5 Å². The van der Waals surface area contributed by atoms with Crippen molar-refractivity contribution in [3.05, 3.63) is 96.1 Å². The van der Waals surface area contributed by atoms with E-state index < -0.39 is 15.3 Å². The van der Waals surface area contributed by atoms with Crippen molar-refractivity contribution in [3.63, 3.8) is 0 Å². The van der Waals surface area contributed by atoms with Gasteiger partial charge in [-0.2, -0.15) is 15.4 Å². The molecule has 2 aromatic heterocycles. The van der Waals surface area contributed by atoms with Crippen molar-refractivity contribution in [3.8, 4) is 11.1 Å². The van der Waals surface area contributed by atoms with E-state index in [0.29, 0.717) is 17.9 Å². The van der Waals surface area contributed by atoms with E-state index in [-0.39, 0.29) is 16.6 Å². The summed E-state index contributed by atoms with van der Waals surface area (Å²) in [4.78, 5) is 16.5. The van der Waals surface area contributed by atoms with Gasteiger partial charge in [-0.3, -0.25) is 9.78 Å². The number of sulfone groups is 1. The second kappa shape index (κ2) is 9.56. The molecule has 0 aliphatic rings. The number of nitrogens with one attached hydrogen (secondary N) is 2. The topological polar surface area (TPSA) is 118 Å². The molecular formula is C25H25N5O3S. The van der Waals surface area contributed by atoms with Crippen molar-refractivity contribution in [1.29, 1.82) is 0 Å². The van der Waals surface area contributed by atoms with Gasteiger partial charge in [0.25, 0.3) is 5.91 Å². The lowest BCUT2D eigenvalue weighted by Gasteiger charge is -2.21. The second-order valence-electron chi connectivity index (χ2n) is 8.62. The van der Waals surface area contributed by atoms with E-state index in [0.717, 1.165) is 16.7 Å². The lowest BCUT2D eigenvalue weighted by atomic mass is 9.93. The number of aromatic nitrogens is 4. The fourth-order valence-corrected chi connectivity index (χ4v) is 5.46. The van der Waals surface area contributed by atoms with Crippen LogP contribution in [0.5, 0.6) is 0 Å². The molecular weight excluding hydrogens is 450 g/mol. The van der Waals surface area contributed by atoms with Crippen molar-refractivity contribution in [2.45, 2.75) is 30.7 Å². The van der Waals surface area contributed by atoms with E-state index in [4.69, 9.17) is 0 Å². The number of hydrogen-bond acceptors (Lipinski definition) is 6. The Balaban J connectivity index is 1.46. The summed E-state index contributed by atoms with van der Waals surface area (Å²) in [6.45, 7) is 4.01. The highest BCUT2D eigenvalue weighted by Gasteiger charge is 2.31. The molecule has 34 heavy (non-hydrogen) atoms. The standard InChI is InChI=1S/C25H25N5O3S/c1-25(2,23-16-28-30-29-23)17-34(32,33)21-11-9-19(10-12-21)20-7-5-6-18(14-20)15-27-24(31)22-8-3-4-13-26-22/h3-14,16H,15,17H2,1-2H3,(H,27,31)(H,28,29,30). The van der Waals surface area contributed by atoms with Gasteiger partial charge < -0.3 is 5.32 Å². The van der Waals surface area contributed by atoms with Gasteiger partial charge in [-0.05, 0) is 47.0 Å². The van der Waals surface area contributed by atoms with Crippen LogP contribution in [0.4, 0.5) is 0 Å². The van der Waals surface area contributed by atoms with E-state index in [1.54, 1.807) is 54.9 Å². The first-order chi connectivity index (χ1) is 16.2. The third kappa shape index (κ3) is 5.37. The van der Waals surface area contributed by atoms with Crippen LogP contribution in [0.15, 0.2) is 84.0 Å². The van der Waals surface area contributed by atoms with Crippen molar-refractivity contribution in [2.24, 2.45) is 0 Å². The molecule has 4 aromatic rings. The average molecular weight is 476 g/mol. The maximum atomic E-state index is 13.0. The van der Waals surface area contributed by atoms with E-state index in [9.17, 15) is 13.2 Å². The molecule has 0 atom stereocenters. The molecule has 0 radical (unpaired) electrons. The van der Waals surface area contributed by atoms with E-state index in [2.05, 4.69) is 25.7 Å². The van der Waals surface area contributed by atoms with Crippen LogP contribution in [0, 0.1) is 0 Å². The Morgan fingerprint density at radius 3 is 2.47 bits per heavy atom. The van der Waals surface area contributed by atoms with E-state index in [1.807, 2.05) is 38.1 Å². The molecule has 4 rings (SSSR count). The average Bonchev–Trinajstić information content (AvgIpc) is 3.39. The van der Waals surface area contributed by atoms with Crippen LogP contribution in [0.25, 0.3) is 11.1 Å². The van der Waals surface area contributed by atoms with Crippen LogP contribution in [0.2, 0.25) is 0 Å². The molecule has 0 fully saturated rings. The number of aromatic amines is 1. The number of benzene rings is 2. The van der Waals surface area contributed by atoms with Crippen LogP contribution in [-0.2, 0) is 21.8 Å². The van der Waals surface area contributed by atoms with Gasteiger partial charge >= 0.3 is 0 Å². The van der Waals surface area contributed by atoms with Gasteiger partial charge in [-0.15, -0.1) is 0 Å². The molecule has 0 aliphatic heterocycles. The quantitative estimate of drug-likeness (QED) is 0.402. The van der Waals surface area contributed by atoms with Gasteiger partial charge in [0.2, 0.25) is 0 Å². The van der Waals surface area contributed by atoms with Crippen molar-refractivity contribution in [2.75, 3.05) is 5.75 Å². The zero-order valence-electron chi connectivity index (χ0n) is 18.9. The van der Waals surface area contributed by atoms with Gasteiger partial charge in [-0.1, -0.05) is 50.2 Å². The molecule has 0 spiro atoms. The molecule has 2 heterocycles. The van der Waals surface area contributed by atoms with Crippen molar-refractivity contribution >= 4 is 15.7 Å². The van der Waals surface area contributed by atoms with Crippen LogP contribution < -0.4 is 5.32 Å². The molecule has 8 nitrogen and oxygen atoms in total. The largest absolute Gasteiger partial charge is 0.347 e. The third-order valence-corrected chi connectivity index (χ3v) is 7.58. The molecule has 2 aromatic carbocycles. The number of carbonyl (C=O) groups is 1. The normalized spacial score (nSPS) is 11.8. The third-order valence-electron chi connectivity index (χ3n) is 5.48. The van der Waals surface area contributed by atoms with E-state index in [1.165, 1.54) is 0 Å². The highest BCUT2D eigenvalue weighted by atomic mass is 32.2. The number of hydrogen-bond donors (Lipinski definition) is 2. The summed E-state index contributed by atoms with van der Waals surface area (Å²) in [6, 6.07) is 19.8. The predicted molar refractivity (Wildman–Crippen MR) is 129 cm³/mol. The summed E-state index contributed by atoms with van der Waals surface area (Å²) < 4.78 is 26.0. The van der Waals surface area contributed by atoms with Gasteiger partial charge in [0, 0.05) is 18.2 Å². The highest BCUT2D eigenvalue weighted by Crippen LogP contribution is 2.28. The van der Waals surface area contributed by atoms with Crippen LogP contribution in [0.1, 0.15) is 35.6 Å². The molecule has 0 bridgehead atoms. The monoisotopic (exact) mass is 475 g/mol. The molecule has 0 saturated carbocycles. The lowest BCUT2D eigenvalue weighted by Crippen LogP contribution is -2.28.